The summed E-state index contributed by atoms with van der Waals surface area (Å²) in [6.45, 7) is 3.68. The summed E-state index contributed by atoms with van der Waals surface area (Å²) in [4.78, 5) is 14.2. The van der Waals surface area contributed by atoms with Crippen LogP contribution in [0.2, 0.25) is 5.02 Å². The first kappa shape index (κ1) is 14.4. The molecule has 0 aliphatic carbocycles. The van der Waals surface area contributed by atoms with Gasteiger partial charge in [-0.15, -0.1) is 0 Å². The highest BCUT2D eigenvalue weighted by molar-refractivity contribution is 6.30. The third-order valence-electron chi connectivity index (χ3n) is 3.82. The molecule has 1 fully saturated rings. The molecule has 1 aromatic carbocycles. The average Bonchev–Trinajstić information content (AvgIpc) is 2.41. The van der Waals surface area contributed by atoms with Crippen molar-refractivity contribution in [3.05, 3.63) is 34.9 Å². The van der Waals surface area contributed by atoms with E-state index >= 15 is 0 Å². The molecule has 4 heteroatoms. The third kappa shape index (κ3) is 3.95. The molecule has 2 N–H and O–H groups in total. The minimum Gasteiger partial charge on any atom is -0.342 e. The summed E-state index contributed by atoms with van der Waals surface area (Å²) in [5.74, 6) is 0.621. The Morgan fingerprint density at radius 2 is 2.16 bits per heavy atom. The van der Waals surface area contributed by atoms with Gasteiger partial charge in [-0.1, -0.05) is 23.7 Å². The first-order chi connectivity index (χ1) is 9.06. The number of carbonyl (C=O) groups excluding carboxylic acids is 1. The van der Waals surface area contributed by atoms with Crippen LogP contribution in [0.1, 0.15) is 25.3 Å². The molecule has 1 amide bonds. The lowest BCUT2D eigenvalue weighted by molar-refractivity contribution is -0.132. The Hall–Kier alpha value is -1.06. The van der Waals surface area contributed by atoms with E-state index < -0.39 is 0 Å². The topological polar surface area (TPSA) is 46.3 Å². The van der Waals surface area contributed by atoms with Gasteiger partial charge in [0.1, 0.15) is 0 Å². The van der Waals surface area contributed by atoms with Crippen LogP contribution in [0.15, 0.2) is 24.3 Å². The predicted octanol–water partition coefficient (Wildman–Crippen LogP) is 2.47. The molecule has 1 aliphatic heterocycles. The molecule has 2 unspecified atom stereocenters. The van der Waals surface area contributed by atoms with Crippen LogP contribution in [-0.4, -0.2) is 29.9 Å². The summed E-state index contributed by atoms with van der Waals surface area (Å²) in [5.41, 5.74) is 6.96. The summed E-state index contributed by atoms with van der Waals surface area (Å²) in [6.07, 6.45) is 2.63. The van der Waals surface area contributed by atoms with Gasteiger partial charge in [-0.05, 0) is 43.4 Å². The largest absolute Gasteiger partial charge is 0.342 e. The fourth-order valence-electron chi connectivity index (χ4n) is 2.55. The van der Waals surface area contributed by atoms with Gasteiger partial charge in [0, 0.05) is 24.2 Å². The van der Waals surface area contributed by atoms with Crippen molar-refractivity contribution < 1.29 is 4.79 Å². The molecule has 0 aromatic heterocycles. The number of halogens is 1. The smallest absolute Gasteiger partial charge is 0.226 e. The average molecular weight is 281 g/mol. The molecule has 1 aromatic rings. The van der Waals surface area contributed by atoms with Crippen molar-refractivity contribution in [3.8, 4) is 0 Å². The van der Waals surface area contributed by atoms with Gasteiger partial charge in [-0.3, -0.25) is 4.79 Å². The van der Waals surface area contributed by atoms with E-state index in [1.165, 1.54) is 0 Å². The Bertz CT molecular complexity index is 430. The monoisotopic (exact) mass is 280 g/mol. The van der Waals surface area contributed by atoms with Crippen molar-refractivity contribution in [2.75, 3.05) is 13.1 Å². The van der Waals surface area contributed by atoms with E-state index in [-0.39, 0.29) is 11.9 Å². The van der Waals surface area contributed by atoms with E-state index in [4.69, 9.17) is 17.3 Å². The van der Waals surface area contributed by atoms with E-state index in [0.717, 1.165) is 31.5 Å². The zero-order chi connectivity index (χ0) is 13.8. The number of hydrogen-bond acceptors (Lipinski definition) is 2. The van der Waals surface area contributed by atoms with Crippen LogP contribution in [0, 0.1) is 5.92 Å². The first-order valence-corrected chi connectivity index (χ1v) is 7.22. The van der Waals surface area contributed by atoms with Gasteiger partial charge >= 0.3 is 0 Å². The lowest BCUT2D eigenvalue weighted by Gasteiger charge is -2.34. The number of nitrogens with two attached hydrogens (primary N) is 1. The van der Waals surface area contributed by atoms with Crippen molar-refractivity contribution in [1.82, 2.24) is 4.90 Å². The highest BCUT2D eigenvalue weighted by Crippen LogP contribution is 2.20. The molecule has 104 valence electrons. The lowest BCUT2D eigenvalue weighted by atomic mass is 9.92. The van der Waals surface area contributed by atoms with E-state index in [2.05, 4.69) is 0 Å². The molecule has 1 saturated heterocycles. The second kappa shape index (κ2) is 6.40. The number of carbonyl (C=O) groups is 1. The highest BCUT2D eigenvalue weighted by Gasteiger charge is 2.25. The maximum atomic E-state index is 12.3. The molecular weight excluding hydrogens is 260 g/mol. The minimum atomic E-state index is 0.158. The van der Waals surface area contributed by atoms with Gasteiger partial charge in [0.25, 0.3) is 0 Å². The Labute approximate surface area is 119 Å². The van der Waals surface area contributed by atoms with Gasteiger partial charge in [-0.25, -0.2) is 0 Å². The van der Waals surface area contributed by atoms with Crippen LogP contribution in [0.3, 0.4) is 0 Å². The lowest BCUT2D eigenvalue weighted by Crippen LogP contribution is -2.45. The standard InChI is InChI=1S/C15H21ClN2O/c1-11(17)13-3-2-8-18(10-13)15(19)9-12-4-6-14(16)7-5-12/h4-7,11,13H,2-3,8-10,17H2,1H3. The number of likely N-dealkylation sites (tertiary alicyclic amines) is 1. The molecule has 1 aliphatic rings. The van der Waals surface area contributed by atoms with Gasteiger partial charge in [0.2, 0.25) is 5.91 Å². The summed E-state index contributed by atoms with van der Waals surface area (Å²) in [5, 5.41) is 0.700. The van der Waals surface area contributed by atoms with Crippen LogP contribution in [0.5, 0.6) is 0 Å². The highest BCUT2D eigenvalue weighted by atomic mass is 35.5. The predicted molar refractivity (Wildman–Crippen MR) is 78.1 cm³/mol. The van der Waals surface area contributed by atoms with Gasteiger partial charge < -0.3 is 10.6 Å². The van der Waals surface area contributed by atoms with Crippen LogP contribution in [0.25, 0.3) is 0 Å². The molecule has 3 nitrogen and oxygen atoms in total. The molecule has 0 saturated carbocycles. The zero-order valence-corrected chi connectivity index (χ0v) is 12.1. The van der Waals surface area contributed by atoms with Crippen molar-refractivity contribution in [2.24, 2.45) is 11.7 Å². The van der Waals surface area contributed by atoms with E-state index in [1.54, 1.807) is 0 Å². The van der Waals surface area contributed by atoms with Crippen LogP contribution < -0.4 is 5.73 Å². The maximum Gasteiger partial charge on any atom is 0.226 e. The third-order valence-corrected chi connectivity index (χ3v) is 4.07. The fraction of sp³-hybridized carbons (Fsp3) is 0.533. The van der Waals surface area contributed by atoms with E-state index in [9.17, 15) is 4.79 Å². The summed E-state index contributed by atoms with van der Waals surface area (Å²) in [6, 6.07) is 7.63. The number of rotatable bonds is 3. The Kier molecular flexibility index (Phi) is 4.83. The Morgan fingerprint density at radius 3 is 2.79 bits per heavy atom. The molecule has 0 bridgehead atoms. The van der Waals surface area contributed by atoms with Crippen LogP contribution in [-0.2, 0) is 11.2 Å². The molecule has 0 spiro atoms. The Balaban J connectivity index is 1.94. The zero-order valence-electron chi connectivity index (χ0n) is 11.3. The number of piperidine rings is 1. The minimum absolute atomic E-state index is 0.158. The molecule has 1 heterocycles. The maximum absolute atomic E-state index is 12.3. The van der Waals surface area contributed by atoms with Crippen molar-refractivity contribution in [3.63, 3.8) is 0 Å². The van der Waals surface area contributed by atoms with Crippen molar-refractivity contribution in [2.45, 2.75) is 32.2 Å². The molecular formula is C15H21ClN2O. The number of nitrogens with zero attached hydrogens (tertiary/aromatic N) is 1. The number of benzene rings is 1. The van der Waals surface area contributed by atoms with Gasteiger partial charge in [0.15, 0.2) is 0 Å². The summed E-state index contributed by atoms with van der Waals surface area (Å²) < 4.78 is 0. The fourth-order valence-corrected chi connectivity index (χ4v) is 2.68. The van der Waals surface area contributed by atoms with E-state index in [1.807, 2.05) is 36.1 Å². The van der Waals surface area contributed by atoms with E-state index in [0.29, 0.717) is 17.4 Å². The summed E-state index contributed by atoms with van der Waals surface area (Å²) in [7, 11) is 0. The molecule has 2 atom stereocenters. The van der Waals surface area contributed by atoms with Gasteiger partial charge in [0.05, 0.1) is 6.42 Å². The summed E-state index contributed by atoms with van der Waals surface area (Å²) >= 11 is 5.84. The first-order valence-electron chi connectivity index (χ1n) is 6.84. The normalized spacial score (nSPS) is 21.2. The van der Waals surface area contributed by atoms with Gasteiger partial charge in [-0.2, -0.15) is 0 Å². The quantitative estimate of drug-likeness (QED) is 0.924. The van der Waals surface area contributed by atoms with Crippen LogP contribution >= 0.6 is 11.6 Å². The molecule has 0 radical (unpaired) electrons. The number of amides is 1. The number of hydrogen-bond donors (Lipinski definition) is 1. The van der Waals surface area contributed by atoms with Crippen molar-refractivity contribution in [1.29, 1.82) is 0 Å². The second-order valence-corrected chi connectivity index (χ2v) is 5.84. The van der Waals surface area contributed by atoms with Crippen LogP contribution in [0.4, 0.5) is 0 Å². The molecule has 19 heavy (non-hydrogen) atoms. The van der Waals surface area contributed by atoms with Crippen molar-refractivity contribution >= 4 is 17.5 Å². The SMILES string of the molecule is CC(N)C1CCCN(C(=O)Cc2ccc(Cl)cc2)C1. The second-order valence-electron chi connectivity index (χ2n) is 5.40. The Morgan fingerprint density at radius 1 is 1.47 bits per heavy atom. The molecule has 2 rings (SSSR count).